The van der Waals surface area contributed by atoms with Gasteiger partial charge in [-0.05, 0) is 12.1 Å². The summed E-state index contributed by atoms with van der Waals surface area (Å²) in [4.78, 5) is 20.7. The Bertz CT molecular complexity index is 769. The van der Waals surface area contributed by atoms with E-state index in [1.165, 1.54) is 0 Å². The van der Waals surface area contributed by atoms with Crippen molar-refractivity contribution in [2.24, 2.45) is 0 Å². The molecule has 2 N–H and O–H groups in total. The van der Waals surface area contributed by atoms with Crippen LogP contribution >= 0.6 is 0 Å². The minimum Gasteiger partial charge on any atom is -0.491 e. The fourth-order valence-corrected chi connectivity index (χ4v) is 2.68. The maximum absolute atomic E-state index is 10.3. The van der Waals surface area contributed by atoms with Gasteiger partial charge in [0.25, 0.3) is 0 Å². The van der Waals surface area contributed by atoms with Crippen molar-refractivity contribution in [2.45, 2.75) is 0 Å². The minimum atomic E-state index is -1.01. The molecule has 0 unspecified atom stereocenters. The van der Waals surface area contributed by atoms with E-state index in [2.05, 4.69) is 0 Å². The van der Waals surface area contributed by atoms with Crippen LogP contribution in [0.5, 0.6) is 11.5 Å². The van der Waals surface area contributed by atoms with E-state index in [1.54, 1.807) is 0 Å². The number of benzene rings is 2. The van der Waals surface area contributed by atoms with Crippen LogP contribution in [0.3, 0.4) is 0 Å². The van der Waals surface area contributed by atoms with Crippen molar-refractivity contribution in [2.75, 3.05) is 66.1 Å². The van der Waals surface area contributed by atoms with Gasteiger partial charge in [0.1, 0.15) is 37.9 Å². The molecule has 0 aliphatic rings. The average Bonchev–Trinajstić information content (AvgIpc) is 2.77. The largest absolute Gasteiger partial charge is 0.491 e. The van der Waals surface area contributed by atoms with Crippen molar-refractivity contribution in [3.05, 3.63) is 36.4 Å². The van der Waals surface area contributed by atoms with Gasteiger partial charge in [-0.25, -0.2) is 9.59 Å². The van der Waals surface area contributed by atoms with Crippen LogP contribution in [0.1, 0.15) is 0 Å². The molecule has 32 heavy (non-hydrogen) atoms. The summed E-state index contributed by atoms with van der Waals surface area (Å²) in [6.07, 6.45) is 0. The van der Waals surface area contributed by atoms with E-state index >= 15 is 0 Å². The summed E-state index contributed by atoms with van der Waals surface area (Å²) in [5.41, 5.74) is 0. The molecule has 0 spiro atoms. The van der Waals surface area contributed by atoms with Gasteiger partial charge in [0.05, 0.1) is 39.6 Å². The van der Waals surface area contributed by atoms with Crippen LogP contribution in [0.2, 0.25) is 0 Å². The highest BCUT2D eigenvalue weighted by molar-refractivity contribution is 5.93. The van der Waals surface area contributed by atoms with E-state index in [0.29, 0.717) is 37.9 Å². The topological polar surface area (TPSA) is 130 Å². The third kappa shape index (κ3) is 9.92. The van der Waals surface area contributed by atoms with Gasteiger partial charge in [0.2, 0.25) is 0 Å². The molecule has 0 bridgehead atoms. The SMILES string of the molecule is O=C(O)COCCOCCOc1cccc2c(OCCOCCOCC(=O)O)cccc12. The molecule has 0 saturated heterocycles. The molecule has 0 aliphatic heterocycles. The van der Waals surface area contributed by atoms with E-state index in [9.17, 15) is 9.59 Å². The Kier molecular flexibility index (Phi) is 11.9. The van der Waals surface area contributed by atoms with Crippen LogP contribution in [-0.2, 0) is 28.5 Å². The molecule has 2 aromatic rings. The van der Waals surface area contributed by atoms with Crippen molar-refractivity contribution in [3.63, 3.8) is 0 Å². The predicted octanol–water partition coefficient (Wildman–Crippen LogP) is 1.83. The Labute approximate surface area is 185 Å². The Morgan fingerprint density at radius 2 is 0.938 bits per heavy atom. The first-order chi connectivity index (χ1) is 15.6. The van der Waals surface area contributed by atoms with Crippen LogP contribution in [-0.4, -0.2) is 88.2 Å². The van der Waals surface area contributed by atoms with Crippen molar-refractivity contribution in [3.8, 4) is 11.5 Å². The highest BCUT2D eigenvalue weighted by atomic mass is 16.6. The molecule has 0 atom stereocenters. The number of rotatable bonds is 18. The zero-order valence-electron chi connectivity index (χ0n) is 17.7. The van der Waals surface area contributed by atoms with Gasteiger partial charge >= 0.3 is 11.9 Å². The van der Waals surface area contributed by atoms with E-state index in [4.69, 9.17) is 38.6 Å². The van der Waals surface area contributed by atoms with E-state index in [0.717, 1.165) is 10.8 Å². The van der Waals surface area contributed by atoms with Gasteiger partial charge in [-0.3, -0.25) is 0 Å². The molecule has 10 heteroatoms. The fraction of sp³-hybridized carbons (Fsp3) is 0.455. The molecule has 0 fully saturated rings. The second kappa shape index (κ2) is 15.0. The summed E-state index contributed by atoms with van der Waals surface area (Å²) >= 11 is 0. The number of carbonyl (C=O) groups is 2. The predicted molar refractivity (Wildman–Crippen MR) is 113 cm³/mol. The Morgan fingerprint density at radius 3 is 1.34 bits per heavy atom. The van der Waals surface area contributed by atoms with Gasteiger partial charge in [-0.1, -0.05) is 24.3 Å². The van der Waals surface area contributed by atoms with Gasteiger partial charge in [0, 0.05) is 10.8 Å². The summed E-state index contributed by atoms with van der Waals surface area (Å²) < 4.78 is 32.1. The lowest BCUT2D eigenvalue weighted by Gasteiger charge is -2.13. The van der Waals surface area contributed by atoms with Crippen LogP contribution in [0, 0.1) is 0 Å². The van der Waals surface area contributed by atoms with Gasteiger partial charge in [-0.2, -0.15) is 0 Å². The summed E-state index contributed by atoms with van der Waals surface area (Å²) in [6.45, 7) is 1.67. The first-order valence-corrected chi connectivity index (χ1v) is 10.1. The molecule has 0 radical (unpaired) electrons. The number of carboxylic acids is 2. The summed E-state index contributed by atoms with van der Waals surface area (Å²) in [6, 6.07) is 11.4. The van der Waals surface area contributed by atoms with Crippen LogP contribution < -0.4 is 9.47 Å². The molecular weight excluding hydrogens is 424 g/mol. The zero-order chi connectivity index (χ0) is 23.0. The van der Waals surface area contributed by atoms with E-state index < -0.39 is 11.9 Å². The molecule has 10 nitrogen and oxygen atoms in total. The van der Waals surface area contributed by atoms with Gasteiger partial charge in [-0.15, -0.1) is 0 Å². The quantitative estimate of drug-likeness (QED) is 0.323. The average molecular weight is 452 g/mol. The lowest BCUT2D eigenvalue weighted by Crippen LogP contribution is -2.14. The van der Waals surface area contributed by atoms with E-state index in [-0.39, 0.29) is 39.6 Å². The highest BCUT2D eigenvalue weighted by Crippen LogP contribution is 2.32. The van der Waals surface area contributed by atoms with Gasteiger partial charge in [0.15, 0.2) is 0 Å². The summed E-state index contributed by atoms with van der Waals surface area (Å²) in [7, 11) is 0. The van der Waals surface area contributed by atoms with Gasteiger partial charge < -0.3 is 38.6 Å². The first kappa shape index (κ1) is 25.3. The van der Waals surface area contributed by atoms with Crippen molar-refractivity contribution in [1.82, 2.24) is 0 Å². The summed E-state index contributed by atoms with van der Waals surface area (Å²) in [5, 5.41) is 18.8. The number of hydrogen-bond donors (Lipinski definition) is 2. The van der Waals surface area contributed by atoms with Crippen LogP contribution in [0.25, 0.3) is 10.8 Å². The minimum absolute atomic E-state index is 0.209. The van der Waals surface area contributed by atoms with Crippen LogP contribution in [0.15, 0.2) is 36.4 Å². The molecule has 176 valence electrons. The molecule has 0 aliphatic carbocycles. The summed E-state index contributed by atoms with van der Waals surface area (Å²) in [5.74, 6) is -0.624. The molecule has 0 amide bonds. The number of fused-ring (bicyclic) bond motifs is 1. The Balaban J connectivity index is 1.72. The number of carboxylic acid groups (broad SMARTS) is 2. The standard InChI is InChI=1S/C22H28O10/c23-21(24)15-29-9-7-27-11-13-31-19-5-1-3-17-18(19)4-2-6-20(17)32-14-12-28-8-10-30-16-22(25)26/h1-6H,7-16H2,(H,23,24)(H,25,26). The lowest BCUT2D eigenvalue weighted by molar-refractivity contribution is -0.143. The maximum Gasteiger partial charge on any atom is 0.329 e. The molecule has 0 saturated carbocycles. The van der Waals surface area contributed by atoms with Crippen LogP contribution in [0.4, 0.5) is 0 Å². The van der Waals surface area contributed by atoms with Crippen molar-refractivity contribution >= 4 is 22.7 Å². The molecule has 0 heterocycles. The third-order valence-corrected chi connectivity index (χ3v) is 4.01. The maximum atomic E-state index is 10.3. The number of aliphatic carboxylic acids is 2. The number of hydrogen-bond acceptors (Lipinski definition) is 8. The number of ether oxygens (including phenoxy) is 6. The van der Waals surface area contributed by atoms with Crippen molar-refractivity contribution in [1.29, 1.82) is 0 Å². The fourth-order valence-electron chi connectivity index (χ4n) is 2.68. The Morgan fingerprint density at radius 1 is 0.562 bits per heavy atom. The lowest BCUT2D eigenvalue weighted by atomic mass is 10.1. The smallest absolute Gasteiger partial charge is 0.329 e. The van der Waals surface area contributed by atoms with E-state index in [1.807, 2.05) is 36.4 Å². The third-order valence-electron chi connectivity index (χ3n) is 4.01. The molecule has 0 aromatic heterocycles. The van der Waals surface area contributed by atoms with Crippen molar-refractivity contribution < 1.29 is 48.2 Å². The second-order valence-electron chi connectivity index (χ2n) is 6.42. The Hall–Kier alpha value is -2.92. The zero-order valence-corrected chi connectivity index (χ0v) is 17.7. The second-order valence-corrected chi connectivity index (χ2v) is 6.42. The normalized spacial score (nSPS) is 10.9. The highest BCUT2D eigenvalue weighted by Gasteiger charge is 2.07. The molecule has 2 rings (SSSR count). The molecule has 2 aromatic carbocycles. The molecular formula is C22H28O10. The monoisotopic (exact) mass is 452 g/mol. The first-order valence-electron chi connectivity index (χ1n) is 10.1.